The lowest BCUT2D eigenvalue weighted by atomic mass is 9.97. The van der Waals surface area contributed by atoms with Crippen molar-refractivity contribution < 1.29 is 14.7 Å². The van der Waals surface area contributed by atoms with Crippen molar-refractivity contribution in [3.63, 3.8) is 0 Å². The van der Waals surface area contributed by atoms with E-state index in [-0.39, 0.29) is 5.91 Å². The van der Waals surface area contributed by atoms with Gasteiger partial charge in [-0.05, 0) is 43.4 Å². The monoisotopic (exact) mass is 361 g/mol. The average Bonchev–Trinajstić information content (AvgIpc) is 3.15. The number of amides is 1. The molecule has 2 heterocycles. The molecule has 0 bridgehead atoms. The van der Waals surface area contributed by atoms with Gasteiger partial charge in [0.05, 0.1) is 16.3 Å². The second-order valence-corrected chi connectivity index (χ2v) is 6.87. The maximum Gasteiger partial charge on any atom is 0.335 e. The van der Waals surface area contributed by atoms with E-state index in [0.29, 0.717) is 35.3 Å². The van der Waals surface area contributed by atoms with Gasteiger partial charge in [0, 0.05) is 20.1 Å². The molecule has 25 heavy (non-hydrogen) atoms. The Morgan fingerprint density at radius 3 is 2.80 bits per heavy atom. The summed E-state index contributed by atoms with van der Waals surface area (Å²) in [7, 11) is 1.76. The van der Waals surface area contributed by atoms with E-state index in [1.807, 2.05) is 13.0 Å². The zero-order valence-electron chi connectivity index (χ0n) is 14.2. The highest BCUT2D eigenvalue weighted by atomic mass is 35.5. The zero-order valence-corrected chi connectivity index (χ0v) is 15.0. The van der Waals surface area contributed by atoms with Crippen LogP contribution in [0.1, 0.15) is 38.5 Å². The Bertz CT molecular complexity index is 831. The van der Waals surface area contributed by atoms with Crippen molar-refractivity contribution in [2.75, 3.05) is 13.1 Å². The molecule has 0 saturated carbocycles. The second kappa shape index (κ2) is 6.88. The lowest BCUT2D eigenvalue weighted by Crippen LogP contribution is -2.29. The fraction of sp³-hybridized carbons (Fsp3) is 0.389. The third-order valence-corrected chi connectivity index (χ3v) is 5.19. The second-order valence-electron chi connectivity index (χ2n) is 6.49. The highest BCUT2D eigenvalue weighted by Gasteiger charge is 2.30. The fourth-order valence-corrected chi connectivity index (χ4v) is 3.46. The van der Waals surface area contributed by atoms with Crippen LogP contribution in [0.5, 0.6) is 0 Å². The molecule has 2 aromatic rings. The third-order valence-electron chi connectivity index (χ3n) is 4.73. The van der Waals surface area contributed by atoms with Crippen LogP contribution in [0.3, 0.4) is 0 Å². The van der Waals surface area contributed by atoms with Gasteiger partial charge in [0.15, 0.2) is 5.69 Å². The molecule has 3 rings (SSSR count). The summed E-state index contributed by atoms with van der Waals surface area (Å²) in [6.07, 6.45) is 1.63. The van der Waals surface area contributed by atoms with Gasteiger partial charge in [-0.2, -0.15) is 5.10 Å². The summed E-state index contributed by atoms with van der Waals surface area (Å²) >= 11 is 6.21. The van der Waals surface area contributed by atoms with Gasteiger partial charge in [-0.25, -0.2) is 4.79 Å². The smallest absolute Gasteiger partial charge is 0.335 e. The Kier molecular flexibility index (Phi) is 4.81. The van der Waals surface area contributed by atoms with E-state index in [2.05, 4.69) is 5.10 Å². The number of benzene rings is 1. The van der Waals surface area contributed by atoms with Crippen molar-refractivity contribution in [2.24, 2.45) is 13.0 Å². The Morgan fingerprint density at radius 1 is 1.40 bits per heavy atom. The Balaban J connectivity index is 1.67. The SMILES string of the molecule is Cc1c(Cl)c(C(=O)N2CCC(Cc3cccc(C(=O)O)c3)C2)nn1C. The number of aryl methyl sites for hydroxylation is 1. The van der Waals surface area contributed by atoms with Crippen LogP contribution in [-0.4, -0.2) is 44.8 Å². The van der Waals surface area contributed by atoms with E-state index >= 15 is 0 Å². The van der Waals surface area contributed by atoms with E-state index in [1.165, 1.54) is 0 Å². The van der Waals surface area contributed by atoms with E-state index in [4.69, 9.17) is 16.7 Å². The number of carboxylic acids is 1. The number of rotatable bonds is 4. The summed E-state index contributed by atoms with van der Waals surface area (Å²) in [5, 5.41) is 13.7. The van der Waals surface area contributed by atoms with E-state index in [1.54, 1.807) is 34.8 Å². The molecule has 1 aliphatic rings. The summed E-state index contributed by atoms with van der Waals surface area (Å²) in [5.41, 5.74) is 2.34. The molecule has 1 aliphatic heterocycles. The van der Waals surface area contributed by atoms with Crippen molar-refractivity contribution in [2.45, 2.75) is 19.8 Å². The van der Waals surface area contributed by atoms with Crippen LogP contribution in [-0.2, 0) is 13.5 Å². The predicted molar refractivity (Wildman–Crippen MR) is 94.1 cm³/mol. The minimum atomic E-state index is -0.926. The number of likely N-dealkylation sites (tertiary alicyclic amines) is 1. The maximum atomic E-state index is 12.7. The number of nitrogens with zero attached hydrogens (tertiary/aromatic N) is 3. The number of carbonyl (C=O) groups is 2. The summed E-state index contributed by atoms with van der Waals surface area (Å²) in [6.45, 7) is 3.12. The van der Waals surface area contributed by atoms with Crippen molar-refractivity contribution in [3.8, 4) is 0 Å². The fourth-order valence-electron chi connectivity index (χ4n) is 3.22. The zero-order chi connectivity index (χ0) is 18.1. The van der Waals surface area contributed by atoms with Crippen molar-refractivity contribution in [1.82, 2.24) is 14.7 Å². The molecule has 0 spiro atoms. The van der Waals surface area contributed by atoms with Crippen LogP contribution in [0.2, 0.25) is 5.02 Å². The number of hydrogen-bond donors (Lipinski definition) is 1. The predicted octanol–water partition coefficient (Wildman–Crippen LogP) is 2.78. The van der Waals surface area contributed by atoms with Crippen LogP contribution < -0.4 is 0 Å². The van der Waals surface area contributed by atoms with Crippen molar-refractivity contribution >= 4 is 23.5 Å². The first kappa shape index (κ1) is 17.5. The third kappa shape index (κ3) is 3.54. The molecule has 7 heteroatoms. The molecule has 1 saturated heterocycles. The lowest BCUT2D eigenvalue weighted by Gasteiger charge is -2.15. The van der Waals surface area contributed by atoms with E-state index in [0.717, 1.165) is 24.1 Å². The maximum absolute atomic E-state index is 12.7. The van der Waals surface area contributed by atoms with Gasteiger partial charge < -0.3 is 10.0 Å². The van der Waals surface area contributed by atoms with Crippen LogP contribution in [0.4, 0.5) is 0 Å². The molecular weight excluding hydrogens is 342 g/mol. The molecule has 1 fully saturated rings. The lowest BCUT2D eigenvalue weighted by molar-refractivity contribution is 0.0696. The first-order valence-corrected chi connectivity index (χ1v) is 8.55. The standard InChI is InChI=1S/C18H20ClN3O3/c1-11-15(19)16(20-21(11)2)17(23)22-7-6-13(10-22)8-12-4-3-5-14(9-12)18(24)25/h3-5,9,13H,6-8,10H2,1-2H3,(H,24,25). The van der Waals surface area contributed by atoms with Gasteiger partial charge in [0.2, 0.25) is 0 Å². The number of carbonyl (C=O) groups excluding carboxylic acids is 1. The molecule has 1 N–H and O–H groups in total. The molecule has 0 aliphatic carbocycles. The van der Waals surface area contributed by atoms with Crippen LogP contribution >= 0.6 is 11.6 Å². The number of aromatic nitrogens is 2. The van der Waals surface area contributed by atoms with Gasteiger partial charge in [0.25, 0.3) is 5.91 Å². The minimum Gasteiger partial charge on any atom is -0.478 e. The Labute approximate surface area is 151 Å². The van der Waals surface area contributed by atoms with Gasteiger partial charge in [-0.1, -0.05) is 23.7 Å². The number of aromatic carboxylic acids is 1. The highest BCUT2D eigenvalue weighted by molar-refractivity contribution is 6.34. The van der Waals surface area contributed by atoms with Crippen molar-refractivity contribution in [1.29, 1.82) is 0 Å². The normalized spacial score (nSPS) is 17.1. The minimum absolute atomic E-state index is 0.143. The molecular formula is C18H20ClN3O3. The van der Waals surface area contributed by atoms with Crippen molar-refractivity contribution in [3.05, 3.63) is 51.8 Å². The molecule has 6 nitrogen and oxygen atoms in total. The molecule has 1 atom stereocenters. The molecule has 1 aromatic carbocycles. The van der Waals surface area contributed by atoms with E-state index in [9.17, 15) is 9.59 Å². The van der Waals surface area contributed by atoms with E-state index < -0.39 is 5.97 Å². The molecule has 1 aromatic heterocycles. The van der Waals surface area contributed by atoms with Gasteiger partial charge in [-0.3, -0.25) is 9.48 Å². The van der Waals surface area contributed by atoms with Crippen LogP contribution in [0.25, 0.3) is 0 Å². The van der Waals surface area contributed by atoms with Gasteiger partial charge in [0.1, 0.15) is 0 Å². The highest BCUT2D eigenvalue weighted by Crippen LogP contribution is 2.26. The summed E-state index contributed by atoms with van der Waals surface area (Å²) < 4.78 is 1.61. The van der Waals surface area contributed by atoms with Crippen LogP contribution in [0, 0.1) is 12.8 Å². The van der Waals surface area contributed by atoms with Gasteiger partial charge >= 0.3 is 5.97 Å². The Morgan fingerprint density at radius 2 is 2.16 bits per heavy atom. The molecule has 0 radical (unpaired) electrons. The Hall–Kier alpha value is -2.34. The largest absolute Gasteiger partial charge is 0.478 e. The molecule has 132 valence electrons. The van der Waals surface area contributed by atoms with Crippen LogP contribution in [0.15, 0.2) is 24.3 Å². The first-order chi connectivity index (χ1) is 11.9. The van der Waals surface area contributed by atoms with Gasteiger partial charge in [-0.15, -0.1) is 0 Å². The number of carboxylic acid groups (broad SMARTS) is 1. The molecule has 1 unspecified atom stereocenters. The quantitative estimate of drug-likeness (QED) is 0.908. The number of halogens is 1. The average molecular weight is 362 g/mol. The first-order valence-electron chi connectivity index (χ1n) is 8.17. The summed E-state index contributed by atoms with van der Waals surface area (Å²) in [5.74, 6) is -0.766. The topological polar surface area (TPSA) is 75.4 Å². The molecule has 1 amide bonds. The summed E-state index contributed by atoms with van der Waals surface area (Å²) in [4.78, 5) is 25.5. The number of hydrogen-bond acceptors (Lipinski definition) is 3. The summed E-state index contributed by atoms with van der Waals surface area (Å²) in [6, 6.07) is 6.97.